The van der Waals surface area contributed by atoms with Crippen LogP contribution in [0.5, 0.6) is 0 Å². The molecular formula is C9H18O5S. The molecule has 15 heavy (non-hydrogen) atoms. The van der Waals surface area contributed by atoms with E-state index in [1.165, 1.54) is 0 Å². The molecule has 0 amide bonds. The third kappa shape index (κ3) is 3.05. The van der Waals surface area contributed by atoms with Crippen molar-refractivity contribution in [1.82, 2.24) is 0 Å². The van der Waals surface area contributed by atoms with E-state index < -0.39 is 24.6 Å². The van der Waals surface area contributed by atoms with Gasteiger partial charge in [0.05, 0.1) is 19.3 Å². The van der Waals surface area contributed by atoms with Gasteiger partial charge in [-0.05, 0) is 0 Å². The molecule has 6 heteroatoms. The van der Waals surface area contributed by atoms with Gasteiger partial charge in [0, 0.05) is 11.7 Å². The lowest BCUT2D eigenvalue weighted by Crippen LogP contribution is -2.55. The fourth-order valence-corrected chi connectivity index (χ4v) is 1.68. The average molecular weight is 238 g/mol. The summed E-state index contributed by atoms with van der Waals surface area (Å²) in [5.41, 5.74) is 0. The minimum Gasteiger partial charge on any atom is -0.394 e. The first kappa shape index (κ1) is 13.2. The molecule has 1 aliphatic rings. The first-order valence-electron chi connectivity index (χ1n) is 4.96. The second kappa shape index (κ2) is 6.03. The molecule has 0 aliphatic carbocycles. The minimum absolute atomic E-state index is 0.331. The van der Waals surface area contributed by atoms with Crippen LogP contribution in [0.1, 0.15) is 6.92 Å². The molecule has 0 bridgehead atoms. The predicted molar refractivity (Wildman–Crippen MR) is 56.7 cm³/mol. The summed E-state index contributed by atoms with van der Waals surface area (Å²) in [6.45, 7) is 1.79. The van der Waals surface area contributed by atoms with Crippen LogP contribution in [0.4, 0.5) is 0 Å². The van der Waals surface area contributed by atoms with Crippen LogP contribution in [-0.4, -0.2) is 58.9 Å². The predicted octanol–water partition coefficient (Wildman–Crippen LogP) is -0.992. The zero-order chi connectivity index (χ0) is 11.4. The molecule has 0 aromatic carbocycles. The van der Waals surface area contributed by atoms with Gasteiger partial charge in [-0.2, -0.15) is 12.6 Å². The highest BCUT2D eigenvalue weighted by Gasteiger charge is 2.42. The highest BCUT2D eigenvalue weighted by atomic mass is 32.1. The van der Waals surface area contributed by atoms with Crippen molar-refractivity contribution in [2.24, 2.45) is 5.92 Å². The van der Waals surface area contributed by atoms with Crippen molar-refractivity contribution in [3.05, 3.63) is 0 Å². The molecule has 1 rings (SSSR count). The molecule has 90 valence electrons. The molecule has 1 heterocycles. The van der Waals surface area contributed by atoms with Crippen LogP contribution in [0.15, 0.2) is 0 Å². The molecule has 0 spiro atoms. The molecule has 0 aromatic heterocycles. The van der Waals surface area contributed by atoms with Crippen LogP contribution in [0.2, 0.25) is 0 Å². The quantitative estimate of drug-likeness (QED) is 0.473. The van der Waals surface area contributed by atoms with E-state index in [-0.39, 0.29) is 12.5 Å². The third-order valence-electron chi connectivity index (χ3n) is 2.56. The van der Waals surface area contributed by atoms with E-state index in [0.717, 1.165) is 0 Å². The number of rotatable bonds is 4. The molecule has 1 aliphatic heterocycles. The summed E-state index contributed by atoms with van der Waals surface area (Å²) in [4.78, 5) is 0. The highest BCUT2D eigenvalue weighted by Crippen LogP contribution is 2.26. The standard InChI is InChI=1S/C9H18O5S/c1-5-7(11)8(12)6(4-10)14-9(5)13-2-3-15/h5-12,15H,2-4H2,1H3/t5?,6?,7-,8-,9-/m1/s1. The van der Waals surface area contributed by atoms with Crippen LogP contribution in [0.3, 0.4) is 0 Å². The number of hydrogen-bond donors (Lipinski definition) is 4. The summed E-state index contributed by atoms with van der Waals surface area (Å²) in [6.07, 6.45) is -3.41. The van der Waals surface area contributed by atoms with Crippen molar-refractivity contribution in [3.8, 4) is 0 Å². The monoisotopic (exact) mass is 238 g/mol. The Morgan fingerprint density at radius 1 is 1.33 bits per heavy atom. The molecular weight excluding hydrogens is 220 g/mol. The average Bonchev–Trinajstić information content (AvgIpc) is 2.25. The molecule has 1 fully saturated rings. The van der Waals surface area contributed by atoms with Crippen LogP contribution in [0.25, 0.3) is 0 Å². The smallest absolute Gasteiger partial charge is 0.163 e. The van der Waals surface area contributed by atoms with Gasteiger partial charge in [-0.1, -0.05) is 6.92 Å². The summed E-state index contributed by atoms with van der Waals surface area (Å²) < 4.78 is 10.6. The van der Waals surface area contributed by atoms with Crippen molar-refractivity contribution in [2.75, 3.05) is 19.0 Å². The molecule has 3 N–H and O–H groups in total. The summed E-state index contributed by atoms with van der Waals surface area (Å²) in [7, 11) is 0. The normalized spacial score (nSPS) is 41.8. The van der Waals surface area contributed by atoms with Crippen molar-refractivity contribution >= 4 is 12.6 Å². The van der Waals surface area contributed by atoms with Crippen LogP contribution in [0, 0.1) is 5.92 Å². The summed E-state index contributed by atoms with van der Waals surface area (Å²) in [6, 6.07) is 0. The van der Waals surface area contributed by atoms with E-state index in [1.54, 1.807) is 6.92 Å². The second-order valence-corrected chi connectivity index (χ2v) is 4.11. The fraction of sp³-hybridized carbons (Fsp3) is 1.00. The van der Waals surface area contributed by atoms with E-state index in [2.05, 4.69) is 12.6 Å². The van der Waals surface area contributed by atoms with E-state index in [9.17, 15) is 10.2 Å². The Hall–Kier alpha value is 0.150. The summed E-state index contributed by atoms with van der Waals surface area (Å²) in [5.74, 6) is 0.220. The van der Waals surface area contributed by atoms with Crippen LogP contribution < -0.4 is 0 Å². The van der Waals surface area contributed by atoms with E-state index in [1.807, 2.05) is 0 Å². The molecule has 0 aromatic rings. The topological polar surface area (TPSA) is 79.2 Å². The Bertz CT molecular complexity index is 189. The van der Waals surface area contributed by atoms with Crippen molar-refractivity contribution in [2.45, 2.75) is 31.5 Å². The third-order valence-corrected chi connectivity index (χ3v) is 2.74. The number of thiol groups is 1. The van der Waals surface area contributed by atoms with Gasteiger partial charge in [0.25, 0.3) is 0 Å². The van der Waals surface area contributed by atoms with Crippen molar-refractivity contribution < 1.29 is 24.8 Å². The van der Waals surface area contributed by atoms with Gasteiger partial charge in [-0.3, -0.25) is 0 Å². The van der Waals surface area contributed by atoms with Gasteiger partial charge in [-0.15, -0.1) is 0 Å². The number of aliphatic hydroxyl groups is 3. The first-order valence-corrected chi connectivity index (χ1v) is 5.60. The fourth-order valence-electron chi connectivity index (χ4n) is 1.58. The van der Waals surface area contributed by atoms with Crippen molar-refractivity contribution in [3.63, 3.8) is 0 Å². The van der Waals surface area contributed by atoms with Crippen LogP contribution in [-0.2, 0) is 9.47 Å². The largest absolute Gasteiger partial charge is 0.394 e. The van der Waals surface area contributed by atoms with Gasteiger partial charge < -0.3 is 24.8 Å². The Kier molecular flexibility index (Phi) is 5.31. The number of ether oxygens (including phenoxy) is 2. The molecule has 5 nitrogen and oxygen atoms in total. The van der Waals surface area contributed by atoms with E-state index in [0.29, 0.717) is 12.4 Å². The number of hydrogen-bond acceptors (Lipinski definition) is 6. The zero-order valence-corrected chi connectivity index (χ0v) is 9.51. The zero-order valence-electron chi connectivity index (χ0n) is 8.61. The van der Waals surface area contributed by atoms with Gasteiger partial charge in [0.2, 0.25) is 0 Å². The maximum atomic E-state index is 9.68. The Labute approximate surface area is 94.4 Å². The summed E-state index contributed by atoms with van der Waals surface area (Å²) in [5, 5.41) is 28.2. The Morgan fingerprint density at radius 2 is 2.00 bits per heavy atom. The molecule has 1 saturated heterocycles. The maximum Gasteiger partial charge on any atom is 0.163 e. The van der Waals surface area contributed by atoms with Gasteiger partial charge in [-0.25, -0.2) is 0 Å². The second-order valence-electron chi connectivity index (χ2n) is 3.66. The Morgan fingerprint density at radius 3 is 2.53 bits per heavy atom. The van der Waals surface area contributed by atoms with Crippen molar-refractivity contribution in [1.29, 1.82) is 0 Å². The van der Waals surface area contributed by atoms with Gasteiger partial charge in [0.15, 0.2) is 6.29 Å². The lowest BCUT2D eigenvalue weighted by Gasteiger charge is -2.40. The lowest BCUT2D eigenvalue weighted by molar-refractivity contribution is -0.280. The number of aliphatic hydroxyl groups excluding tert-OH is 3. The minimum atomic E-state index is -1.07. The molecule has 5 atom stereocenters. The lowest BCUT2D eigenvalue weighted by atomic mass is 9.92. The Balaban J connectivity index is 2.57. The SMILES string of the molecule is CC1[C@H](OCCS)OC(CO)[C@@H](O)[C@@H]1O. The summed E-state index contributed by atoms with van der Waals surface area (Å²) >= 11 is 3.99. The van der Waals surface area contributed by atoms with E-state index in [4.69, 9.17) is 14.6 Å². The van der Waals surface area contributed by atoms with Crippen LogP contribution >= 0.6 is 12.6 Å². The van der Waals surface area contributed by atoms with Gasteiger partial charge in [0.1, 0.15) is 12.2 Å². The van der Waals surface area contributed by atoms with E-state index >= 15 is 0 Å². The van der Waals surface area contributed by atoms with Gasteiger partial charge >= 0.3 is 0 Å². The first-order chi connectivity index (χ1) is 7.11. The molecule has 0 saturated carbocycles. The maximum absolute atomic E-state index is 9.68. The highest BCUT2D eigenvalue weighted by molar-refractivity contribution is 7.80. The molecule has 2 unspecified atom stereocenters. The molecule has 0 radical (unpaired) electrons.